The molecular weight excluding hydrogens is 206 g/mol. The van der Waals surface area contributed by atoms with Gasteiger partial charge in [-0.05, 0) is 31.1 Å². The van der Waals surface area contributed by atoms with Crippen molar-refractivity contribution in [3.05, 3.63) is 0 Å². The average molecular weight is 237 g/mol. The lowest BCUT2D eigenvalue weighted by Gasteiger charge is -2.20. The van der Waals surface area contributed by atoms with Crippen LogP contribution in [0.1, 0.15) is 83.5 Å². The summed E-state index contributed by atoms with van der Waals surface area (Å²) in [6.45, 7) is 0. The standard InChI is InChI=1S/C16H31N/c17-16(12-11-14-7-5-6-8-14)13-15-9-3-1-2-4-10-15/h14-16H,1-13,17H2. The topological polar surface area (TPSA) is 26.0 Å². The van der Waals surface area contributed by atoms with Crippen molar-refractivity contribution in [3.63, 3.8) is 0 Å². The van der Waals surface area contributed by atoms with Gasteiger partial charge >= 0.3 is 0 Å². The predicted molar refractivity (Wildman–Crippen MR) is 75.0 cm³/mol. The van der Waals surface area contributed by atoms with Gasteiger partial charge in [0.05, 0.1) is 0 Å². The molecule has 1 heteroatoms. The third-order valence-corrected chi connectivity index (χ3v) is 5.03. The summed E-state index contributed by atoms with van der Waals surface area (Å²) in [6, 6.07) is 0.499. The first-order chi connectivity index (χ1) is 8.34. The zero-order valence-electron chi connectivity index (χ0n) is 11.5. The minimum atomic E-state index is 0.499. The Morgan fingerprint density at radius 3 is 1.94 bits per heavy atom. The van der Waals surface area contributed by atoms with Crippen molar-refractivity contribution in [2.75, 3.05) is 0 Å². The molecule has 0 aliphatic heterocycles. The monoisotopic (exact) mass is 237 g/mol. The summed E-state index contributed by atoms with van der Waals surface area (Å²) in [5.74, 6) is 1.98. The van der Waals surface area contributed by atoms with Crippen LogP contribution in [0.4, 0.5) is 0 Å². The Bertz CT molecular complexity index is 188. The van der Waals surface area contributed by atoms with Crippen molar-refractivity contribution in [1.29, 1.82) is 0 Å². The lowest BCUT2D eigenvalue weighted by molar-refractivity contribution is 0.356. The summed E-state index contributed by atoms with van der Waals surface area (Å²) in [6.07, 6.45) is 18.7. The molecule has 2 N–H and O–H groups in total. The first-order valence-corrected chi connectivity index (χ1v) is 8.10. The van der Waals surface area contributed by atoms with E-state index in [0.29, 0.717) is 6.04 Å². The second-order valence-corrected chi connectivity index (χ2v) is 6.58. The molecule has 0 spiro atoms. The molecule has 1 nitrogen and oxygen atoms in total. The van der Waals surface area contributed by atoms with Crippen LogP contribution in [-0.4, -0.2) is 6.04 Å². The molecule has 0 aromatic heterocycles. The first-order valence-electron chi connectivity index (χ1n) is 8.10. The van der Waals surface area contributed by atoms with Gasteiger partial charge in [0.1, 0.15) is 0 Å². The molecule has 2 saturated carbocycles. The molecule has 0 radical (unpaired) electrons. The summed E-state index contributed by atoms with van der Waals surface area (Å²) in [4.78, 5) is 0. The van der Waals surface area contributed by atoms with Gasteiger partial charge in [-0.3, -0.25) is 0 Å². The normalized spacial score (nSPS) is 25.9. The predicted octanol–water partition coefficient (Wildman–Crippen LogP) is 4.64. The zero-order valence-corrected chi connectivity index (χ0v) is 11.5. The Hall–Kier alpha value is -0.0400. The molecule has 17 heavy (non-hydrogen) atoms. The maximum Gasteiger partial charge on any atom is 0.00415 e. The van der Waals surface area contributed by atoms with Crippen LogP contribution >= 0.6 is 0 Å². The van der Waals surface area contributed by atoms with Crippen LogP contribution in [-0.2, 0) is 0 Å². The van der Waals surface area contributed by atoms with Crippen LogP contribution in [0.15, 0.2) is 0 Å². The molecular formula is C16H31N. The van der Waals surface area contributed by atoms with E-state index in [4.69, 9.17) is 5.73 Å². The summed E-state index contributed by atoms with van der Waals surface area (Å²) in [7, 11) is 0. The molecule has 0 aromatic carbocycles. The van der Waals surface area contributed by atoms with Gasteiger partial charge in [-0.1, -0.05) is 64.2 Å². The maximum atomic E-state index is 6.33. The van der Waals surface area contributed by atoms with E-state index in [-0.39, 0.29) is 0 Å². The Labute approximate surface area is 108 Å². The van der Waals surface area contributed by atoms with E-state index in [0.717, 1.165) is 11.8 Å². The third-order valence-electron chi connectivity index (χ3n) is 5.03. The molecule has 100 valence electrons. The van der Waals surface area contributed by atoms with Crippen molar-refractivity contribution < 1.29 is 0 Å². The summed E-state index contributed by atoms with van der Waals surface area (Å²) in [5.41, 5.74) is 6.33. The lowest BCUT2D eigenvalue weighted by Crippen LogP contribution is -2.24. The summed E-state index contributed by atoms with van der Waals surface area (Å²) >= 11 is 0. The molecule has 0 aromatic rings. The second-order valence-electron chi connectivity index (χ2n) is 6.58. The molecule has 1 atom stereocenters. The van der Waals surface area contributed by atoms with Gasteiger partial charge in [0.15, 0.2) is 0 Å². The van der Waals surface area contributed by atoms with Crippen LogP contribution in [0.2, 0.25) is 0 Å². The van der Waals surface area contributed by atoms with Gasteiger partial charge in [0, 0.05) is 6.04 Å². The SMILES string of the molecule is NC(CCC1CCCC1)CC1CCCCCC1. The molecule has 0 saturated heterocycles. The molecule has 2 aliphatic rings. The van der Waals surface area contributed by atoms with E-state index in [1.54, 1.807) is 0 Å². The van der Waals surface area contributed by atoms with Gasteiger partial charge in [0.2, 0.25) is 0 Å². The van der Waals surface area contributed by atoms with E-state index >= 15 is 0 Å². The van der Waals surface area contributed by atoms with E-state index in [9.17, 15) is 0 Å². The number of hydrogen-bond acceptors (Lipinski definition) is 1. The van der Waals surface area contributed by atoms with Crippen molar-refractivity contribution in [2.24, 2.45) is 17.6 Å². The highest BCUT2D eigenvalue weighted by Crippen LogP contribution is 2.31. The fraction of sp³-hybridized carbons (Fsp3) is 1.00. The molecule has 0 heterocycles. The zero-order chi connectivity index (χ0) is 11.9. The van der Waals surface area contributed by atoms with Crippen molar-refractivity contribution >= 4 is 0 Å². The van der Waals surface area contributed by atoms with Gasteiger partial charge in [-0.15, -0.1) is 0 Å². The first kappa shape index (κ1) is 13.4. The Kier molecular flexibility index (Phi) is 5.84. The van der Waals surface area contributed by atoms with Gasteiger partial charge in [-0.2, -0.15) is 0 Å². The van der Waals surface area contributed by atoms with E-state index in [2.05, 4.69) is 0 Å². The maximum absolute atomic E-state index is 6.33. The minimum absolute atomic E-state index is 0.499. The molecule has 2 fully saturated rings. The number of nitrogens with two attached hydrogens (primary N) is 1. The molecule has 2 rings (SSSR count). The fourth-order valence-corrected chi connectivity index (χ4v) is 3.89. The van der Waals surface area contributed by atoms with Gasteiger partial charge in [0.25, 0.3) is 0 Å². The largest absolute Gasteiger partial charge is 0.328 e. The number of hydrogen-bond donors (Lipinski definition) is 1. The van der Waals surface area contributed by atoms with Crippen molar-refractivity contribution in [3.8, 4) is 0 Å². The molecule has 2 aliphatic carbocycles. The molecule has 0 amide bonds. The van der Waals surface area contributed by atoms with Crippen LogP contribution in [0.5, 0.6) is 0 Å². The number of rotatable bonds is 5. The molecule has 0 bridgehead atoms. The quantitative estimate of drug-likeness (QED) is 0.692. The minimum Gasteiger partial charge on any atom is -0.328 e. The van der Waals surface area contributed by atoms with Crippen LogP contribution in [0.3, 0.4) is 0 Å². The second kappa shape index (κ2) is 7.41. The molecule has 1 unspecified atom stereocenters. The Balaban J connectivity index is 1.59. The summed E-state index contributed by atoms with van der Waals surface area (Å²) < 4.78 is 0. The highest BCUT2D eigenvalue weighted by molar-refractivity contribution is 4.74. The van der Waals surface area contributed by atoms with Crippen LogP contribution < -0.4 is 5.73 Å². The van der Waals surface area contributed by atoms with E-state index in [1.165, 1.54) is 83.5 Å². The Morgan fingerprint density at radius 1 is 0.765 bits per heavy atom. The van der Waals surface area contributed by atoms with Gasteiger partial charge in [-0.25, -0.2) is 0 Å². The van der Waals surface area contributed by atoms with Crippen LogP contribution in [0, 0.1) is 11.8 Å². The smallest absolute Gasteiger partial charge is 0.00415 e. The van der Waals surface area contributed by atoms with E-state index < -0.39 is 0 Å². The van der Waals surface area contributed by atoms with Crippen LogP contribution in [0.25, 0.3) is 0 Å². The van der Waals surface area contributed by atoms with E-state index in [1.807, 2.05) is 0 Å². The third kappa shape index (κ3) is 4.99. The highest BCUT2D eigenvalue weighted by Gasteiger charge is 2.19. The summed E-state index contributed by atoms with van der Waals surface area (Å²) in [5, 5.41) is 0. The van der Waals surface area contributed by atoms with Crippen molar-refractivity contribution in [2.45, 2.75) is 89.5 Å². The fourth-order valence-electron chi connectivity index (χ4n) is 3.89. The Morgan fingerprint density at radius 2 is 1.29 bits per heavy atom. The lowest BCUT2D eigenvalue weighted by atomic mass is 9.89. The highest BCUT2D eigenvalue weighted by atomic mass is 14.6. The van der Waals surface area contributed by atoms with Gasteiger partial charge < -0.3 is 5.73 Å². The van der Waals surface area contributed by atoms with Crippen molar-refractivity contribution in [1.82, 2.24) is 0 Å². The average Bonchev–Trinajstić information content (AvgIpc) is 2.72.